The molecule has 1 aromatic carbocycles. The van der Waals surface area contributed by atoms with Gasteiger partial charge in [0.1, 0.15) is 5.54 Å². The summed E-state index contributed by atoms with van der Waals surface area (Å²) in [5.74, 6) is 0.604. The van der Waals surface area contributed by atoms with Crippen LogP contribution in [-0.4, -0.2) is 58.2 Å². The molecule has 6 nitrogen and oxygen atoms in total. The van der Waals surface area contributed by atoms with Crippen LogP contribution in [0.3, 0.4) is 0 Å². The van der Waals surface area contributed by atoms with Crippen molar-refractivity contribution in [3.8, 4) is 0 Å². The van der Waals surface area contributed by atoms with Gasteiger partial charge in [-0.25, -0.2) is 4.79 Å². The largest absolute Gasteiger partial charge is 0.342 e. The van der Waals surface area contributed by atoms with Gasteiger partial charge in [-0.05, 0) is 37.2 Å². The number of likely N-dealkylation sites (tertiary alicyclic amines) is 1. The molecule has 2 aliphatic heterocycles. The SMILES string of the molecule is CN1C(=O)N(Cc2ccccc2)C2(CCN(C(=O)CC3CCCCC3)CC2)C1=O. The number of amides is 4. The van der Waals surface area contributed by atoms with Gasteiger partial charge in [0, 0.05) is 33.1 Å². The molecule has 0 bridgehead atoms. The van der Waals surface area contributed by atoms with E-state index >= 15 is 0 Å². The van der Waals surface area contributed by atoms with Crippen molar-refractivity contribution in [3.05, 3.63) is 35.9 Å². The molecule has 156 valence electrons. The Bertz CT molecular complexity index is 765. The number of urea groups is 1. The maximum atomic E-state index is 13.0. The van der Waals surface area contributed by atoms with Crippen LogP contribution in [0.2, 0.25) is 0 Å². The first-order valence-electron chi connectivity index (χ1n) is 10.9. The average molecular weight is 398 g/mol. The van der Waals surface area contributed by atoms with Crippen LogP contribution in [0.25, 0.3) is 0 Å². The number of hydrogen-bond donors (Lipinski definition) is 0. The molecule has 6 heteroatoms. The number of imide groups is 1. The molecule has 2 heterocycles. The third-order valence-electron chi connectivity index (χ3n) is 7.05. The van der Waals surface area contributed by atoms with Gasteiger partial charge in [-0.2, -0.15) is 0 Å². The summed E-state index contributed by atoms with van der Waals surface area (Å²) >= 11 is 0. The first-order valence-corrected chi connectivity index (χ1v) is 10.9. The van der Waals surface area contributed by atoms with E-state index in [1.54, 1.807) is 11.9 Å². The lowest BCUT2D eigenvalue weighted by Gasteiger charge is -2.42. The quantitative estimate of drug-likeness (QED) is 0.732. The Morgan fingerprint density at radius 2 is 1.69 bits per heavy atom. The molecule has 0 unspecified atom stereocenters. The number of piperidine rings is 1. The molecule has 4 rings (SSSR count). The van der Waals surface area contributed by atoms with Gasteiger partial charge in [-0.1, -0.05) is 49.6 Å². The lowest BCUT2D eigenvalue weighted by atomic mass is 9.84. The fraction of sp³-hybridized carbons (Fsp3) is 0.609. The molecule has 1 aromatic rings. The van der Waals surface area contributed by atoms with Crippen LogP contribution in [0.15, 0.2) is 30.3 Å². The summed E-state index contributed by atoms with van der Waals surface area (Å²) in [6.07, 6.45) is 7.75. The van der Waals surface area contributed by atoms with Gasteiger partial charge in [0.15, 0.2) is 0 Å². The molecule has 3 aliphatic rings. The Hall–Kier alpha value is -2.37. The van der Waals surface area contributed by atoms with Crippen LogP contribution in [-0.2, 0) is 16.1 Å². The van der Waals surface area contributed by atoms with Crippen LogP contribution in [0.1, 0.15) is 56.9 Å². The highest BCUT2D eigenvalue weighted by molar-refractivity contribution is 6.06. The van der Waals surface area contributed by atoms with Gasteiger partial charge >= 0.3 is 6.03 Å². The second-order valence-corrected chi connectivity index (χ2v) is 8.84. The fourth-order valence-electron chi connectivity index (χ4n) is 5.24. The molecule has 0 aromatic heterocycles. The highest BCUT2D eigenvalue weighted by Crippen LogP contribution is 2.38. The zero-order chi connectivity index (χ0) is 20.4. The Morgan fingerprint density at radius 3 is 2.34 bits per heavy atom. The molecular formula is C23H31N3O3. The first kappa shape index (κ1) is 19.9. The first-order chi connectivity index (χ1) is 14.0. The molecule has 1 aliphatic carbocycles. The molecule has 29 heavy (non-hydrogen) atoms. The van der Waals surface area contributed by atoms with E-state index in [2.05, 4.69) is 0 Å². The molecule has 1 saturated carbocycles. The number of nitrogens with zero attached hydrogens (tertiary/aromatic N) is 3. The molecule has 0 radical (unpaired) electrons. The highest BCUT2D eigenvalue weighted by Gasteiger charge is 2.57. The molecule has 2 saturated heterocycles. The van der Waals surface area contributed by atoms with E-state index in [0.717, 1.165) is 18.4 Å². The topological polar surface area (TPSA) is 60.9 Å². The third kappa shape index (κ3) is 3.77. The van der Waals surface area contributed by atoms with Gasteiger partial charge in [-0.15, -0.1) is 0 Å². The Kier molecular flexibility index (Phi) is 5.61. The minimum Gasteiger partial charge on any atom is -0.342 e. The van der Waals surface area contributed by atoms with E-state index in [9.17, 15) is 14.4 Å². The van der Waals surface area contributed by atoms with Crippen molar-refractivity contribution >= 4 is 17.8 Å². The monoisotopic (exact) mass is 397 g/mol. The maximum Gasteiger partial charge on any atom is 0.327 e. The van der Waals surface area contributed by atoms with E-state index in [1.165, 1.54) is 24.2 Å². The molecular weight excluding hydrogens is 366 g/mol. The summed E-state index contributed by atoms with van der Waals surface area (Å²) in [7, 11) is 1.57. The second-order valence-electron chi connectivity index (χ2n) is 8.84. The normalized spacial score (nSPS) is 22.6. The predicted molar refractivity (Wildman–Crippen MR) is 110 cm³/mol. The van der Waals surface area contributed by atoms with E-state index < -0.39 is 5.54 Å². The second kappa shape index (κ2) is 8.17. The average Bonchev–Trinajstić information content (AvgIpc) is 2.92. The molecule has 1 spiro atoms. The highest BCUT2D eigenvalue weighted by atomic mass is 16.2. The van der Waals surface area contributed by atoms with Crippen molar-refractivity contribution < 1.29 is 14.4 Å². The van der Waals surface area contributed by atoms with Crippen LogP contribution in [0.4, 0.5) is 4.79 Å². The number of rotatable bonds is 4. The molecule has 3 fully saturated rings. The van der Waals surface area contributed by atoms with Gasteiger partial charge in [-0.3, -0.25) is 14.5 Å². The number of carbonyl (C=O) groups excluding carboxylic acids is 3. The Morgan fingerprint density at radius 1 is 1.03 bits per heavy atom. The van der Waals surface area contributed by atoms with Gasteiger partial charge < -0.3 is 9.80 Å². The van der Waals surface area contributed by atoms with Gasteiger partial charge in [0.25, 0.3) is 5.91 Å². The van der Waals surface area contributed by atoms with Crippen molar-refractivity contribution in [3.63, 3.8) is 0 Å². The molecule has 4 amide bonds. The summed E-state index contributed by atoms with van der Waals surface area (Å²) in [6.45, 7) is 1.51. The molecule has 0 N–H and O–H groups in total. The Balaban J connectivity index is 1.44. The summed E-state index contributed by atoms with van der Waals surface area (Å²) < 4.78 is 0. The van der Waals surface area contributed by atoms with Crippen LogP contribution in [0.5, 0.6) is 0 Å². The minimum absolute atomic E-state index is 0.127. The minimum atomic E-state index is -0.816. The van der Waals surface area contributed by atoms with Crippen LogP contribution < -0.4 is 0 Å². The Labute approximate surface area is 172 Å². The molecule has 0 atom stereocenters. The van der Waals surface area contributed by atoms with Crippen LogP contribution in [0, 0.1) is 5.92 Å². The van der Waals surface area contributed by atoms with E-state index in [4.69, 9.17) is 0 Å². The van der Waals surface area contributed by atoms with Crippen LogP contribution >= 0.6 is 0 Å². The zero-order valence-electron chi connectivity index (χ0n) is 17.3. The lowest BCUT2D eigenvalue weighted by molar-refractivity contribution is -0.141. The van der Waals surface area contributed by atoms with Crippen molar-refractivity contribution in [1.29, 1.82) is 0 Å². The zero-order valence-corrected chi connectivity index (χ0v) is 17.3. The van der Waals surface area contributed by atoms with Crippen molar-refractivity contribution in [2.75, 3.05) is 20.1 Å². The summed E-state index contributed by atoms with van der Waals surface area (Å²) in [5.41, 5.74) is 0.197. The standard InChI is InChI=1S/C23H31N3O3/c1-24-21(28)23(26(22(24)29)17-19-10-6-3-7-11-19)12-14-25(15-13-23)20(27)16-18-8-4-2-5-9-18/h3,6-7,10-11,18H,2,4-5,8-9,12-17H2,1H3. The van der Waals surface area contributed by atoms with E-state index in [-0.39, 0.29) is 17.8 Å². The van der Waals surface area contributed by atoms with Crippen molar-refractivity contribution in [1.82, 2.24) is 14.7 Å². The number of hydrogen-bond acceptors (Lipinski definition) is 3. The van der Waals surface area contributed by atoms with E-state index in [1.807, 2.05) is 35.2 Å². The predicted octanol–water partition coefficient (Wildman–Crippen LogP) is 3.41. The smallest absolute Gasteiger partial charge is 0.327 e. The third-order valence-corrected chi connectivity index (χ3v) is 7.05. The number of carbonyl (C=O) groups is 3. The number of likely N-dealkylation sites (N-methyl/N-ethyl adjacent to an activating group) is 1. The summed E-state index contributed by atoms with van der Waals surface area (Å²) in [6, 6.07) is 9.56. The van der Waals surface area contributed by atoms with Crippen molar-refractivity contribution in [2.24, 2.45) is 5.92 Å². The fourth-order valence-corrected chi connectivity index (χ4v) is 5.24. The lowest BCUT2D eigenvalue weighted by Crippen LogP contribution is -2.57. The number of benzene rings is 1. The summed E-state index contributed by atoms with van der Waals surface area (Å²) in [5, 5.41) is 0. The van der Waals surface area contributed by atoms with Gasteiger partial charge in [0.2, 0.25) is 5.91 Å². The van der Waals surface area contributed by atoms with E-state index in [0.29, 0.717) is 44.8 Å². The van der Waals surface area contributed by atoms with Gasteiger partial charge in [0.05, 0.1) is 0 Å². The summed E-state index contributed by atoms with van der Waals surface area (Å²) in [4.78, 5) is 43.6. The maximum absolute atomic E-state index is 13.0. The van der Waals surface area contributed by atoms with Crippen molar-refractivity contribution in [2.45, 2.75) is 63.5 Å².